The highest BCUT2D eigenvalue weighted by Gasteiger charge is 2.24. The number of ether oxygens (including phenoxy) is 1. The van der Waals surface area contributed by atoms with Crippen molar-refractivity contribution >= 4 is 5.91 Å². The van der Waals surface area contributed by atoms with Gasteiger partial charge in [0.1, 0.15) is 0 Å². The van der Waals surface area contributed by atoms with Crippen LogP contribution in [0, 0.1) is 5.92 Å². The highest BCUT2D eigenvalue weighted by Crippen LogP contribution is 2.11. The van der Waals surface area contributed by atoms with Gasteiger partial charge in [-0.2, -0.15) is 0 Å². The maximum absolute atomic E-state index is 11.7. The van der Waals surface area contributed by atoms with Gasteiger partial charge in [0.25, 0.3) is 0 Å². The topological polar surface area (TPSA) is 50.4 Å². The molecule has 1 aliphatic rings. The van der Waals surface area contributed by atoms with E-state index in [2.05, 4.69) is 10.6 Å². The Hall–Kier alpha value is -1.39. The lowest BCUT2D eigenvalue weighted by atomic mass is 10.0. The minimum Gasteiger partial charge on any atom is -0.377 e. The van der Waals surface area contributed by atoms with Crippen molar-refractivity contribution in [2.45, 2.75) is 20.1 Å². The number of carbonyl (C=O) groups is 1. The second-order valence-corrected chi connectivity index (χ2v) is 4.48. The zero-order valence-electron chi connectivity index (χ0n) is 10.7. The van der Waals surface area contributed by atoms with Gasteiger partial charge >= 0.3 is 0 Å². The monoisotopic (exact) mass is 248 g/mol. The standard InChI is InChI=1S/C14H20N2O2/c1-2-18-10-12-6-4-3-5-11(12)9-16-14(17)13-7-15-8-13/h3-6,13,15H,2,7-10H2,1H3,(H,16,17). The van der Waals surface area contributed by atoms with Gasteiger partial charge in [-0.25, -0.2) is 0 Å². The van der Waals surface area contributed by atoms with Crippen LogP contribution >= 0.6 is 0 Å². The minimum atomic E-state index is 0.139. The molecule has 1 aliphatic heterocycles. The van der Waals surface area contributed by atoms with Gasteiger partial charge in [0.05, 0.1) is 12.5 Å². The third kappa shape index (κ3) is 3.31. The van der Waals surface area contributed by atoms with Gasteiger partial charge in [-0.05, 0) is 18.1 Å². The van der Waals surface area contributed by atoms with E-state index < -0.39 is 0 Å². The highest BCUT2D eigenvalue weighted by molar-refractivity contribution is 5.80. The maximum Gasteiger partial charge on any atom is 0.225 e. The smallest absolute Gasteiger partial charge is 0.225 e. The molecule has 0 unspecified atom stereocenters. The van der Waals surface area contributed by atoms with E-state index in [1.165, 1.54) is 0 Å². The average molecular weight is 248 g/mol. The second-order valence-electron chi connectivity index (χ2n) is 4.48. The van der Waals surface area contributed by atoms with Crippen molar-refractivity contribution in [3.05, 3.63) is 35.4 Å². The van der Waals surface area contributed by atoms with Gasteiger partial charge in [0.15, 0.2) is 0 Å². The molecule has 1 heterocycles. The number of amides is 1. The Morgan fingerprint density at radius 1 is 1.39 bits per heavy atom. The molecule has 0 aromatic heterocycles. The number of hydrogen-bond acceptors (Lipinski definition) is 3. The van der Waals surface area contributed by atoms with E-state index in [-0.39, 0.29) is 11.8 Å². The Balaban J connectivity index is 1.89. The predicted molar refractivity (Wildman–Crippen MR) is 70.0 cm³/mol. The van der Waals surface area contributed by atoms with Crippen molar-refractivity contribution < 1.29 is 9.53 Å². The Kier molecular flexibility index (Phi) is 4.73. The normalized spacial score (nSPS) is 15.2. The van der Waals surface area contributed by atoms with Crippen molar-refractivity contribution in [1.82, 2.24) is 10.6 Å². The number of benzene rings is 1. The third-order valence-electron chi connectivity index (χ3n) is 3.19. The Morgan fingerprint density at radius 3 is 2.72 bits per heavy atom. The van der Waals surface area contributed by atoms with Gasteiger partial charge in [0.2, 0.25) is 5.91 Å². The first-order valence-corrected chi connectivity index (χ1v) is 6.44. The summed E-state index contributed by atoms with van der Waals surface area (Å²) in [7, 11) is 0. The Bertz CT molecular complexity index is 403. The molecule has 0 bridgehead atoms. The summed E-state index contributed by atoms with van der Waals surface area (Å²) in [5, 5.41) is 6.08. The van der Waals surface area contributed by atoms with Crippen LogP contribution in [-0.2, 0) is 22.7 Å². The lowest BCUT2D eigenvalue weighted by molar-refractivity contribution is -0.126. The molecule has 0 atom stereocenters. The summed E-state index contributed by atoms with van der Waals surface area (Å²) >= 11 is 0. The molecule has 0 aliphatic carbocycles. The Labute approximate surface area is 108 Å². The molecule has 2 N–H and O–H groups in total. The summed E-state index contributed by atoms with van der Waals surface area (Å²) in [4.78, 5) is 11.7. The zero-order valence-corrected chi connectivity index (χ0v) is 10.7. The van der Waals surface area contributed by atoms with Crippen LogP contribution in [0.15, 0.2) is 24.3 Å². The predicted octanol–water partition coefficient (Wildman–Crippen LogP) is 1.06. The van der Waals surface area contributed by atoms with Crippen molar-refractivity contribution in [3.8, 4) is 0 Å². The van der Waals surface area contributed by atoms with E-state index in [0.717, 1.165) is 24.2 Å². The van der Waals surface area contributed by atoms with Crippen LogP contribution < -0.4 is 10.6 Å². The SMILES string of the molecule is CCOCc1ccccc1CNC(=O)C1CNC1. The summed E-state index contributed by atoms with van der Waals surface area (Å²) in [5.41, 5.74) is 2.28. The first-order chi connectivity index (χ1) is 8.81. The summed E-state index contributed by atoms with van der Waals surface area (Å²) in [6, 6.07) is 8.06. The fourth-order valence-electron chi connectivity index (χ4n) is 1.88. The second kappa shape index (κ2) is 6.52. The van der Waals surface area contributed by atoms with Crippen LogP contribution in [0.5, 0.6) is 0 Å². The number of hydrogen-bond donors (Lipinski definition) is 2. The molecule has 1 saturated heterocycles. The van der Waals surface area contributed by atoms with Gasteiger partial charge in [0, 0.05) is 26.2 Å². The fourth-order valence-corrected chi connectivity index (χ4v) is 1.88. The van der Waals surface area contributed by atoms with Crippen molar-refractivity contribution in [2.75, 3.05) is 19.7 Å². The van der Waals surface area contributed by atoms with Crippen molar-refractivity contribution in [3.63, 3.8) is 0 Å². The molecule has 0 spiro atoms. The van der Waals surface area contributed by atoms with Crippen LogP contribution in [0.25, 0.3) is 0 Å². The first-order valence-electron chi connectivity index (χ1n) is 6.44. The van der Waals surface area contributed by atoms with Crippen LogP contribution in [0.1, 0.15) is 18.1 Å². The van der Waals surface area contributed by atoms with Gasteiger partial charge < -0.3 is 15.4 Å². The molecule has 0 radical (unpaired) electrons. The van der Waals surface area contributed by atoms with E-state index in [9.17, 15) is 4.79 Å². The molecule has 2 rings (SSSR count). The van der Waals surface area contributed by atoms with Crippen LogP contribution in [0.2, 0.25) is 0 Å². The molecule has 1 aromatic carbocycles. The summed E-state index contributed by atoms with van der Waals surface area (Å²) in [6.45, 7) is 5.47. The molecular formula is C14H20N2O2. The molecule has 1 fully saturated rings. The van der Waals surface area contributed by atoms with Crippen LogP contribution in [-0.4, -0.2) is 25.6 Å². The maximum atomic E-state index is 11.7. The lowest BCUT2D eigenvalue weighted by Gasteiger charge is -2.26. The number of nitrogens with one attached hydrogen (secondary N) is 2. The highest BCUT2D eigenvalue weighted by atomic mass is 16.5. The van der Waals surface area contributed by atoms with Gasteiger partial charge in [-0.15, -0.1) is 0 Å². The van der Waals surface area contributed by atoms with E-state index in [4.69, 9.17) is 4.74 Å². The molecule has 1 aromatic rings. The number of rotatable bonds is 6. The summed E-state index contributed by atoms with van der Waals surface area (Å²) < 4.78 is 5.42. The molecule has 1 amide bonds. The van der Waals surface area contributed by atoms with Crippen molar-refractivity contribution in [2.24, 2.45) is 5.92 Å². The van der Waals surface area contributed by atoms with E-state index in [1.54, 1.807) is 0 Å². The van der Waals surface area contributed by atoms with Crippen LogP contribution in [0.4, 0.5) is 0 Å². The van der Waals surface area contributed by atoms with Gasteiger partial charge in [-0.1, -0.05) is 24.3 Å². The van der Waals surface area contributed by atoms with E-state index >= 15 is 0 Å². The fraction of sp³-hybridized carbons (Fsp3) is 0.500. The average Bonchev–Trinajstić information content (AvgIpc) is 2.32. The summed E-state index contributed by atoms with van der Waals surface area (Å²) in [5.74, 6) is 0.281. The van der Waals surface area contributed by atoms with Crippen molar-refractivity contribution in [1.29, 1.82) is 0 Å². The lowest BCUT2D eigenvalue weighted by Crippen LogP contribution is -2.50. The molecule has 4 nitrogen and oxygen atoms in total. The third-order valence-corrected chi connectivity index (χ3v) is 3.19. The molecular weight excluding hydrogens is 228 g/mol. The van der Waals surface area contributed by atoms with E-state index in [0.29, 0.717) is 19.8 Å². The molecule has 0 saturated carbocycles. The quantitative estimate of drug-likeness (QED) is 0.791. The molecule has 4 heteroatoms. The number of carbonyl (C=O) groups excluding carboxylic acids is 1. The molecule has 18 heavy (non-hydrogen) atoms. The van der Waals surface area contributed by atoms with Gasteiger partial charge in [-0.3, -0.25) is 4.79 Å². The zero-order chi connectivity index (χ0) is 12.8. The Morgan fingerprint density at radius 2 is 2.11 bits per heavy atom. The summed E-state index contributed by atoms with van der Waals surface area (Å²) in [6.07, 6.45) is 0. The first kappa shape index (κ1) is 13.1. The van der Waals surface area contributed by atoms with E-state index in [1.807, 2.05) is 31.2 Å². The van der Waals surface area contributed by atoms with Crippen LogP contribution in [0.3, 0.4) is 0 Å². The minimum absolute atomic E-state index is 0.139. The largest absolute Gasteiger partial charge is 0.377 e. The molecule has 98 valence electrons.